The van der Waals surface area contributed by atoms with Gasteiger partial charge in [0.2, 0.25) is 5.91 Å². The Morgan fingerprint density at radius 3 is 2.26 bits per heavy atom. The van der Waals surface area contributed by atoms with Gasteiger partial charge in [0, 0.05) is 32.6 Å². The van der Waals surface area contributed by atoms with Crippen LogP contribution in [-0.4, -0.2) is 80.8 Å². The fourth-order valence-electron chi connectivity index (χ4n) is 5.45. The maximum Gasteiger partial charge on any atom is 0.407 e. The quantitative estimate of drug-likeness (QED) is 0.569. The number of benzene rings is 2. The van der Waals surface area contributed by atoms with Crippen molar-refractivity contribution in [3.8, 4) is 11.5 Å². The average Bonchev–Trinajstić information content (AvgIpc) is 3.36. The molecule has 1 atom stereocenters. The molecule has 4 rings (SSSR count). The minimum Gasteiger partial charge on any atom is -0.497 e. The first-order valence-corrected chi connectivity index (χ1v) is 13.2. The van der Waals surface area contributed by atoms with Crippen molar-refractivity contribution in [1.29, 1.82) is 0 Å². The van der Waals surface area contributed by atoms with E-state index >= 15 is 0 Å². The highest BCUT2D eigenvalue weighted by molar-refractivity contribution is 5.97. The zero-order chi connectivity index (χ0) is 27.1. The molecular weight excluding hydrogens is 486 g/mol. The summed E-state index contributed by atoms with van der Waals surface area (Å²) in [6.07, 6.45) is 2.30. The minimum absolute atomic E-state index is 0.0356. The summed E-state index contributed by atoms with van der Waals surface area (Å²) >= 11 is 0. The number of likely N-dealkylation sites (tertiary alicyclic amines) is 2. The molecule has 2 aliphatic heterocycles. The van der Waals surface area contributed by atoms with E-state index in [0.717, 1.165) is 24.8 Å². The third kappa shape index (κ3) is 6.20. The molecule has 0 aromatic heterocycles. The Kier molecular flexibility index (Phi) is 8.76. The van der Waals surface area contributed by atoms with Gasteiger partial charge in [-0.25, -0.2) is 4.79 Å². The molecular formula is C29H37N3O6. The van der Waals surface area contributed by atoms with Crippen LogP contribution < -0.4 is 14.8 Å². The number of carbonyl (C=O) groups excluding carboxylic acids is 3. The highest BCUT2D eigenvalue weighted by Crippen LogP contribution is 2.41. The Hall–Kier alpha value is -3.75. The van der Waals surface area contributed by atoms with E-state index in [-0.39, 0.29) is 23.8 Å². The van der Waals surface area contributed by atoms with E-state index in [0.29, 0.717) is 49.7 Å². The third-order valence-electron chi connectivity index (χ3n) is 7.65. The molecule has 0 saturated carbocycles. The molecule has 2 aromatic rings. The van der Waals surface area contributed by atoms with Gasteiger partial charge in [-0.05, 0) is 55.4 Å². The number of hydrogen-bond donors (Lipinski definition) is 1. The van der Waals surface area contributed by atoms with Crippen LogP contribution in [0.15, 0.2) is 48.5 Å². The van der Waals surface area contributed by atoms with E-state index in [4.69, 9.17) is 14.2 Å². The van der Waals surface area contributed by atoms with Crippen LogP contribution in [0.25, 0.3) is 0 Å². The number of rotatable bonds is 8. The predicted molar refractivity (Wildman–Crippen MR) is 142 cm³/mol. The van der Waals surface area contributed by atoms with E-state index in [9.17, 15) is 14.4 Å². The topological polar surface area (TPSA) is 97.4 Å². The number of amides is 3. The molecule has 2 aliphatic rings. The predicted octanol–water partition coefficient (Wildman–Crippen LogP) is 3.52. The summed E-state index contributed by atoms with van der Waals surface area (Å²) in [5, 5.41) is 2.77. The fourth-order valence-corrected chi connectivity index (χ4v) is 5.45. The summed E-state index contributed by atoms with van der Waals surface area (Å²) in [6.45, 7) is 4.44. The van der Waals surface area contributed by atoms with Gasteiger partial charge in [0.25, 0.3) is 5.91 Å². The second-order valence-corrected chi connectivity index (χ2v) is 9.98. The van der Waals surface area contributed by atoms with E-state index in [2.05, 4.69) is 5.32 Å². The van der Waals surface area contributed by atoms with Crippen LogP contribution in [0, 0.1) is 5.41 Å². The van der Waals surface area contributed by atoms with Crippen LogP contribution in [-0.2, 0) is 16.0 Å². The highest BCUT2D eigenvalue weighted by Gasteiger charge is 2.44. The monoisotopic (exact) mass is 523 g/mol. The molecule has 38 heavy (non-hydrogen) atoms. The second-order valence-electron chi connectivity index (χ2n) is 9.98. The molecule has 0 radical (unpaired) electrons. The first kappa shape index (κ1) is 27.3. The SMILES string of the molecule is CCOC(=O)N[C@@H](Cc1ccccc1)C(=O)N1CCC2(CCN(C(=O)c3cc(OC)ccc3OC)CC2)C1. The van der Waals surface area contributed by atoms with Crippen molar-refractivity contribution in [2.45, 2.75) is 38.6 Å². The molecule has 1 spiro atoms. The fraction of sp³-hybridized carbons (Fsp3) is 0.483. The van der Waals surface area contributed by atoms with Gasteiger partial charge in [-0.15, -0.1) is 0 Å². The number of nitrogens with zero attached hydrogens (tertiary/aromatic N) is 2. The molecule has 0 bridgehead atoms. The molecule has 0 aliphatic carbocycles. The first-order valence-electron chi connectivity index (χ1n) is 13.2. The van der Waals surface area contributed by atoms with Gasteiger partial charge in [-0.3, -0.25) is 9.59 Å². The lowest BCUT2D eigenvalue weighted by Crippen LogP contribution is -2.50. The van der Waals surface area contributed by atoms with Crippen LogP contribution in [0.4, 0.5) is 4.79 Å². The third-order valence-corrected chi connectivity index (χ3v) is 7.65. The van der Waals surface area contributed by atoms with Gasteiger partial charge in [0.05, 0.1) is 26.4 Å². The molecule has 2 heterocycles. The lowest BCUT2D eigenvalue weighted by molar-refractivity contribution is -0.132. The lowest BCUT2D eigenvalue weighted by atomic mass is 9.77. The van der Waals surface area contributed by atoms with Gasteiger partial charge in [-0.1, -0.05) is 30.3 Å². The highest BCUT2D eigenvalue weighted by atomic mass is 16.5. The Balaban J connectivity index is 1.40. The van der Waals surface area contributed by atoms with Gasteiger partial charge in [0.1, 0.15) is 17.5 Å². The Bertz CT molecular complexity index is 1130. The smallest absolute Gasteiger partial charge is 0.407 e. The van der Waals surface area contributed by atoms with Crippen LogP contribution in [0.3, 0.4) is 0 Å². The van der Waals surface area contributed by atoms with Crippen molar-refractivity contribution in [3.05, 3.63) is 59.7 Å². The second kappa shape index (κ2) is 12.2. The largest absolute Gasteiger partial charge is 0.497 e. The molecule has 1 N–H and O–H groups in total. The van der Waals surface area contributed by atoms with Gasteiger partial charge >= 0.3 is 6.09 Å². The lowest BCUT2D eigenvalue weighted by Gasteiger charge is -2.39. The maximum absolute atomic E-state index is 13.6. The van der Waals surface area contributed by atoms with E-state index in [1.54, 1.807) is 39.3 Å². The molecule has 0 unspecified atom stereocenters. The number of ether oxygens (including phenoxy) is 3. The summed E-state index contributed by atoms with van der Waals surface area (Å²) in [5.41, 5.74) is 1.42. The van der Waals surface area contributed by atoms with Crippen LogP contribution in [0.1, 0.15) is 42.1 Å². The Labute approximate surface area is 224 Å². The molecule has 2 fully saturated rings. The number of hydrogen-bond acceptors (Lipinski definition) is 6. The van der Waals surface area contributed by atoms with Crippen molar-refractivity contribution < 1.29 is 28.6 Å². The maximum atomic E-state index is 13.6. The number of alkyl carbamates (subject to hydrolysis) is 1. The van der Waals surface area contributed by atoms with Gasteiger partial charge in [-0.2, -0.15) is 0 Å². The first-order chi connectivity index (χ1) is 18.4. The average molecular weight is 524 g/mol. The summed E-state index contributed by atoms with van der Waals surface area (Å²) in [6, 6.07) is 14.2. The number of methoxy groups -OCH3 is 2. The van der Waals surface area contributed by atoms with Gasteiger partial charge < -0.3 is 29.3 Å². The summed E-state index contributed by atoms with van der Waals surface area (Å²) < 4.78 is 15.8. The summed E-state index contributed by atoms with van der Waals surface area (Å²) in [7, 11) is 3.12. The molecule has 2 saturated heterocycles. The van der Waals surface area contributed by atoms with Crippen LogP contribution in [0.2, 0.25) is 0 Å². The van der Waals surface area contributed by atoms with E-state index < -0.39 is 12.1 Å². The zero-order valence-corrected chi connectivity index (χ0v) is 22.4. The molecule has 204 valence electrons. The standard InChI is InChI=1S/C29H37N3O6/c1-4-38-28(35)30-24(18-21-8-6-5-7-9-21)27(34)32-17-14-29(20-32)12-15-31(16-13-29)26(33)23-19-22(36-2)10-11-25(23)37-3/h5-11,19,24H,4,12-18,20H2,1-3H3,(H,30,35)/t24-/m0/s1. The zero-order valence-electron chi connectivity index (χ0n) is 22.4. The van der Waals surface area contributed by atoms with Crippen molar-refractivity contribution in [1.82, 2.24) is 15.1 Å². The number of piperidine rings is 1. The van der Waals surface area contributed by atoms with Crippen molar-refractivity contribution >= 4 is 17.9 Å². The van der Waals surface area contributed by atoms with E-state index in [1.807, 2.05) is 40.1 Å². The molecule has 3 amide bonds. The summed E-state index contributed by atoms with van der Waals surface area (Å²) in [5.74, 6) is 0.947. The number of carbonyl (C=O) groups is 3. The summed E-state index contributed by atoms with van der Waals surface area (Å²) in [4.78, 5) is 42.8. The molecule has 9 heteroatoms. The van der Waals surface area contributed by atoms with Gasteiger partial charge in [0.15, 0.2) is 0 Å². The normalized spacial score (nSPS) is 17.1. The Morgan fingerprint density at radius 1 is 0.947 bits per heavy atom. The van der Waals surface area contributed by atoms with Crippen LogP contribution >= 0.6 is 0 Å². The van der Waals surface area contributed by atoms with E-state index in [1.165, 1.54) is 0 Å². The Morgan fingerprint density at radius 2 is 1.63 bits per heavy atom. The minimum atomic E-state index is -0.700. The van der Waals surface area contributed by atoms with Crippen molar-refractivity contribution in [2.24, 2.45) is 5.41 Å². The molecule has 2 aromatic carbocycles. The molecule has 9 nitrogen and oxygen atoms in total. The van der Waals surface area contributed by atoms with Crippen LogP contribution in [0.5, 0.6) is 11.5 Å². The van der Waals surface area contributed by atoms with Crippen molar-refractivity contribution in [2.75, 3.05) is 47.0 Å². The van der Waals surface area contributed by atoms with Crippen molar-refractivity contribution in [3.63, 3.8) is 0 Å². The number of nitrogens with one attached hydrogen (secondary N) is 1.